The van der Waals surface area contributed by atoms with E-state index in [0.717, 1.165) is 16.8 Å². The van der Waals surface area contributed by atoms with Crippen LogP contribution < -0.4 is 10.1 Å². The summed E-state index contributed by atoms with van der Waals surface area (Å²) in [6.07, 6.45) is 0. The first-order chi connectivity index (χ1) is 9.69. The third-order valence-corrected chi connectivity index (χ3v) is 2.91. The summed E-state index contributed by atoms with van der Waals surface area (Å²) in [5, 5.41) is 21.4. The highest BCUT2D eigenvalue weighted by Crippen LogP contribution is 2.21. The second kappa shape index (κ2) is 6.48. The van der Waals surface area contributed by atoms with Crippen LogP contribution in [0.5, 0.6) is 11.5 Å². The van der Waals surface area contributed by atoms with Gasteiger partial charge in [0, 0.05) is 18.3 Å². The number of nitrogens with one attached hydrogen (secondary N) is 1. The summed E-state index contributed by atoms with van der Waals surface area (Å²) in [6.45, 7) is 2.52. The molecule has 0 radical (unpaired) electrons. The Hall–Kier alpha value is -2.67. The smallest absolute Gasteiger partial charge is 0.174 e. The predicted octanol–water partition coefficient (Wildman–Crippen LogP) is 3.22. The molecule has 0 aliphatic rings. The van der Waals surface area contributed by atoms with E-state index in [9.17, 15) is 5.11 Å². The van der Waals surface area contributed by atoms with Gasteiger partial charge >= 0.3 is 0 Å². The molecular formula is C16H16N2O2. The Labute approximate surface area is 118 Å². The van der Waals surface area contributed by atoms with Gasteiger partial charge in [-0.2, -0.15) is 5.26 Å². The molecule has 2 aromatic carbocycles. The maximum absolute atomic E-state index is 9.65. The Kier molecular flexibility index (Phi) is 4.46. The van der Waals surface area contributed by atoms with Crippen molar-refractivity contribution in [3.05, 3.63) is 53.6 Å². The molecule has 0 saturated carbocycles. The van der Waals surface area contributed by atoms with Crippen LogP contribution in [0.2, 0.25) is 0 Å². The number of phenolic OH excluding ortho intramolecular Hbond substituents is 1. The van der Waals surface area contributed by atoms with Gasteiger partial charge < -0.3 is 15.2 Å². The Morgan fingerprint density at radius 3 is 2.85 bits per heavy atom. The van der Waals surface area contributed by atoms with E-state index in [4.69, 9.17) is 10.00 Å². The van der Waals surface area contributed by atoms with Crippen molar-refractivity contribution in [2.45, 2.75) is 13.5 Å². The van der Waals surface area contributed by atoms with E-state index in [1.807, 2.05) is 49.4 Å². The molecule has 0 amide bonds. The van der Waals surface area contributed by atoms with Crippen LogP contribution in [0.15, 0.2) is 42.5 Å². The molecule has 0 fully saturated rings. The second-order valence-corrected chi connectivity index (χ2v) is 4.45. The zero-order chi connectivity index (χ0) is 14.4. The number of hydrogen-bond donors (Lipinski definition) is 2. The van der Waals surface area contributed by atoms with E-state index in [2.05, 4.69) is 5.32 Å². The summed E-state index contributed by atoms with van der Waals surface area (Å²) in [5.74, 6) is 0.957. The van der Waals surface area contributed by atoms with Crippen LogP contribution in [-0.2, 0) is 6.54 Å². The molecule has 20 heavy (non-hydrogen) atoms. The molecule has 0 aliphatic heterocycles. The number of anilines is 1. The Morgan fingerprint density at radius 2 is 2.10 bits per heavy atom. The molecule has 0 spiro atoms. The van der Waals surface area contributed by atoms with Gasteiger partial charge in [-0.05, 0) is 36.2 Å². The van der Waals surface area contributed by atoms with Crippen LogP contribution in [0.25, 0.3) is 0 Å². The third kappa shape index (κ3) is 3.66. The monoisotopic (exact) mass is 268 g/mol. The molecule has 102 valence electrons. The summed E-state index contributed by atoms with van der Waals surface area (Å²) >= 11 is 0. The lowest BCUT2D eigenvalue weighted by Crippen LogP contribution is -2.00. The summed E-state index contributed by atoms with van der Waals surface area (Å²) in [6, 6.07) is 15.0. The maximum atomic E-state index is 9.65. The molecule has 0 atom stereocenters. The molecule has 4 heteroatoms. The minimum Gasteiger partial charge on any atom is -0.508 e. The minimum absolute atomic E-state index is 0.0444. The number of phenols is 1. The average molecular weight is 268 g/mol. The number of nitriles is 1. The quantitative estimate of drug-likeness (QED) is 0.873. The van der Waals surface area contributed by atoms with E-state index in [1.54, 1.807) is 6.07 Å². The Bertz CT molecular complexity index is 633. The fraction of sp³-hybridized carbons (Fsp3) is 0.188. The highest BCUT2D eigenvalue weighted by Gasteiger charge is 2.00. The van der Waals surface area contributed by atoms with Crippen LogP contribution in [0.4, 0.5) is 5.69 Å². The zero-order valence-electron chi connectivity index (χ0n) is 11.3. The van der Waals surface area contributed by atoms with E-state index in [0.29, 0.717) is 12.3 Å². The Balaban J connectivity index is 1.99. The zero-order valence-corrected chi connectivity index (χ0v) is 11.3. The summed E-state index contributed by atoms with van der Waals surface area (Å²) in [7, 11) is 0. The van der Waals surface area contributed by atoms with Gasteiger partial charge in [0.15, 0.2) is 6.61 Å². The van der Waals surface area contributed by atoms with E-state index in [-0.39, 0.29) is 12.4 Å². The lowest BCUT2D eigenvalue weighted by Gasteiger charge is -2.09. The number of benzene rings is 2. The first-order valence-electron chi connectivity index (χ1n) is 6.31. The van der Waals surface area contributed by atoms with Gasteiger partial charge in [-0.15, -0.1) is 0 Å². The van der Waals surface area contributed by atoms with Gasteiger partial charge in [0.1, 0.15) is 17.6 Å². The highest BCUT2D eigenvalue weighted by molar-refractivity contribution is 5.51. The molecule has 0 aliphatic carbocycles. The molecule has 4 nitrogen and oxygen atoms in total. The van der Waals surface area contributed by atoms with Crippen molar-refractivity contribution in [1.29, 1.82) is 5.26 Å². The van der Waals surface area contributed by atoms with Crippen molar-refractivity contribution in [3.63, 3.8) is 0 Å². The molecule has 0 bridgehead atoms. The number of hydrogen-bond acceptors (Lipinski definition) is 4. The molecule has 2 aromatic rings. The lowest BCUT2D eigenvalue weighted by atomic mass is 10.2. The minimum atomic E-state index is 0.0444. The van der Waals surface area contributed by atoms with Crippen molar-refractivity contribution in [2.24, 2.45) is 0 Å². The number of aromatic hydroxyl groups is 1. The van der Waals surface area contributed by atoms with Crippen LogP contribution in [0.3, 0.4) is 0 Å². The first kappa shape index (κ1) is 13.8. The number of rotatable bonds is 5. The molecule has 2 rings (SSSR count). The van der Waals surface area contributed by atoms with Crippen molar-refractivity contribution < 1.29 is 9.84 Å². The van der Waals surface area contributed by atoms with Crippen molar-refractivity contribution in [3.8, 4) is 17.6 Å². The topological polar surface area (TPSA) is 65.3 Å². The predicted molar refractivity (Wildman–Crippen MR) is 77.7 cm³/mol. The van der Waals surface area contributed by atoms with Crippen LogP contribution in [-0.4, -0.2) is 11.7 Å². The highest BCUT2D eigenvalue weighted by atomic mass is 16.5. The van der Waals surface area contributed by atoms with Gasteiger partial charge in [0.2, 0.25) is 0 Å². The van der Waals surface area contributed by atoms with E-state index < -0.39 is 0 Å². The van der Waals surface area contributed by atoms with E-state index in [1.165, 1.54) is 0 Å². The fourth-order valence-corrected chi connectivity index (χ4v) is 1.78. The summed E-state index contributed by atoms with van der Waals surface area (Å²) in [5.41, 5.74) is 2.75. The van der Waals surface area contributed by atoms with Crippen molar-refractivity contribution in [1.82, 2.24) is 0 Å². The normalized spacial score (nSPS) is 9.80. The molecule has 0 unspecified atom stereocenters. The van der Waals surface area contributed by atoms with Crippen LogP contribution in [0.1, 0.15) is 11.1 Å². The van der Waals surface area contributed by atoms with Crippen LogP contribution >= 0.6 is 0 Å². The first-order valence-corrected chi connectivity index (χ1v) is 6.31. The van der Waals surface area contributed by atoms with Gasteiger partial charge in [-0.25, -0.2) is 0 Å². The summed E-state index contributed by atoms with van der Waals surface area (Å²) in [4.78, 5) is 0. The van der Waals surface area contributed by atoms with Crippen LogP contribution in [0, 0.1) is 18.3 Å². The van der Waals surface area contributed by atoms with Gasteiger partial charge in [-0.3, -0.25) is 0 Å². The van der Waals surface area contributed by atoms with Gasteiger partial charge in [-0.1, -0.05) is 18.2 Å². The maximum Gasteiger partial charge on any atom is 0.174 e. The van der Waals surface area contributed by atoms with Crippen molar-refractivity contribution in [2.75, 3.05) is 11.9 Å². The number of aryl methyl sites for hydroxylation is 1. The van der Waals surface area contributed by atoms with Crippen molar-refractivity contribution >= 4 is 5.69 Å². The standard InChI is InChI=1S/C16H16N2O2/c1-12-5-6-14(10-16(12)19)18-11-13-3-2-4-15(9-13)20-8-7-17/h2-6,9-10,18-19H,8,11H2,1H3. The largest absolute Gasteiger partial charge is 0.508 e. The average Bonchev–Trinajstić information content (AvgIpc) is 2.47. The molecular weight excluding hydrogens is 252 g/mol. The Morgan fingerprint density at radius 1 is 1.25 bits per heavy atom. The molecule has 0 saturated heterocycles. The fourth-order valence-electron chi connectivity index (χ4n) is 1.78. The summed E-state index contributed by atoms with van der Waals surface area (Å²) < 4.78 is 5.25. The molecule has 0 heterocycles. The lowest BCUT2D eigenvalue weighted by molar-refractivity contribution is 0.368. The van der Waals surface area contributed by atoms with Gasteiger partial charge in [0.25, 0.3) is 0 Å². The molecule has 0 aromatic heterocycles. The molecule has 2 N–H and O–H groups in total. The SMILES string of the molecule is Cc1ccc(NCc2cccc(OCC#N)c2)cc1O. The second-order valence-electron chi connectivity index (χ2n) is 4.45. The number of ether oxygens (including phenoxy) is 1. The van der Waals surface area contributed by atoms with E-state index >= 15 is 0 Å². The number of nitrogens with zero attached hydrogens (tertiary/aromatic N) is 1. The van der Waals surface area contributed by atoms with Gasteiger partial charge in [0.05, 0.1) is 0 Å². The third-order valence-electron chi connectivity index (χ3n) is 2.91.